The van der Waals surface area contributed by atoms with E-state index in [0.717, 1.165) is 15.5 Å². The molecule has 0 unspecified atom stereocenters. The van der Waals surface area contributed by atoms with Gasteiger partial charge in [0.25, 0.3) is 0 Å². The summed E-state index contributed by atoms with van der Waals surface area (Å²) in [7, 11) is -7.74. The van der Waals surface area contributed by atoms with Crippen molar-refractivity contribution in [2.45, 2.75) is 133 Å². The third-order valence-corrected chi connectivity index (χ3v) is 37.3. The van der Waals surface area contributed by atoms with E-state index < -0.39 is 48.4 Å². The molecule has 0 aliphatic carbocycles. The fourth-order valence-electron chi connectivity index (χ4n) is 8.21. The molecule has 0 heterocycles. The van der Waals surface area contributed by atoms with Gasteiger partial charge in [-0.05, 0) is 37.4 Å². The van der Waals surface area contributed by atoms with Crippen LogP contribution in [0.25, 0.3) is 0 Å². The topological polar surface area (TPSA) is 0 Å². The highest BCUT2D eigenvalue weighted by Crippen LogP contribution is 2.44. The van der Waals surface area contributed by atoms with Gasteiger partial charge in [0.15, 0.2) is 8.14 Å². The predicted molar refractivity (Wildman–Crippen MR) is 189 cm³/mol. The van der Waals surface area contributed by atoms with Crippen molar-refractivity contribution in [1.82, 2.24) is 0 Å². The van der Waals surface area contributed by atoms with Gasteiger partial charge < -0.3 is 0 Å². The van der Waals surface area contributed by atoms with E-state index in [1.165, 1.54) is 0 Å². The first-order valence-electron chi connectivity index (χ1n) is 13.7. The highest BCUT2D eigenvalue weighted by atomic mass is 79.9. The molecule has 0 aromatic heterocycles. The van der Waals surface area contributed by atoms with Gasteiger partial charge in [-0.25, -0.2) is 0 Å². The van der Waals surface area contributed by atoms with Crippen LogP contribution in [0.1, 0.15) is 32.2 Å². The van der Waals surface area contributed by atoms with Gasteiger partial charge in [0.05, 0.1) is 0 Å². The van der Waals surface area contributed by atoms with E-state index in [-0.39, 0.29) is 0 Å². The molecular formula is C27H59BrSi7. The molecule has 1 aromatic carbocycles. The van der Waals surface area contributed by atoms with E-state index >= 15 is 0 Å². The van der Waals surface area contributed by atoms with Gasteiger partial charge >= 0.3 is 0 Å². The molecule has 0 bridgehead atoms. The predicted octanol–water partition coefficient (Wildman–Crippen LogP) is 9.84. The van der Waals surface area contributed by atoms with Gasteiger partial charge in [-0.2, -0.15) is 0 Å². The summed E-state index contributed by atoms with van der Waals surface area (Å²) in [6.07, 6.45) is 0. The van der Waals surface area contributed by atoms with Gasteiger partial charge in [-0.15, -0.1) is 15.3 Å². The molecule has 2 radical (unpaired) electrons. The summed E-state index contributed by atoms with van der Waals surface area (Å²) in [4.78, 5) is 0. The average Bonchev–Trinajstić information content (AvgIpc) is 2.45. The molecule has 0 aliphatic rings. The highest BCUT2D eigenvalue weighted by molar-refractivity contribution is 9.23. The Labute approximate surface area is 237 Å². The number of hydrogen-bond donors (Lipinski definition) is 0. The number of benzene rings is 1. The van der Waals surface area contributed by atoms with E-state index in [0.29, 0.717) is 8.14 Å². The summed E-state index contributed by atoms with van der Waals surface area (Å²) in [5.74, 6) is 0. The Kier molecular flexibility index (Phi) is 10.8. The Morgan fingerprint density at radius 1 is 0.457 bits per heavy atom. The minimum Gasteiger partial charge on any atom is -0.125 e. The van der Waals surface area contributed by atoms with Crippen molar-refractivity contribution in [3.8, 4) is 0 Å². The molecule has 0 saturated heterocycles. The van der Waals surface area contributed by atoms with Crippen LogP contribution in [0.2, 0.25) is 118 Å². The molecule has 0 aliphatic heterocycles. The smallest absolute Gasteiger partial charge is 0.125 e. The monoisotopic (exact) mass is 658 g/mol. The van der Waals surface area contributed by atoms with Crippen LogP contribution in [-0.4, -0.2) is 56.6 Å². The van der Waals surface area contributed by atoms with Crippen LogP contribution >= 0.6 is 15.3 Å². The Balaban J connectivity index is 4.41. The number of rotatable bonds is 10. The molecule has 1 rings (SSSR count). The summed E-state index contributed by atoms with van der Waals surface area (Å²) in [6, 6.07) is 5.61. The molecule has 0 fully saturated rings. The summed E-state index contributed by atoms with van der Waals surface area (Å²) in [5.41, 5.74) is 5.31. The van der Waals surface area contributed by atoms with Crippen LogP contribution in [0.15, 0.2) is 12.1 Å². The van der Waals surface area contributed by atoms with E-state index in [1.54, 1.807) is 21.9 Å². The van der Waals surface area contributed by atoms with E-state index in [9.17, 15) is 0 Å². The van der Waals surface area contributed by atoms with Crippen LogP contribution in [0.5, 0.6) is 0 Å². The lowest BCUT2D eigenvalue weighted by atomic mass is 10.1. The maximum absolute atomic E-state index is 4.11. The lowest BCUT2D eigenvalue weighted by Gasteiger charge is -2.45. The van der Waals surface area contributed by atoms with Gasteiger partial charge in [-0.1, -0.05) is 130 Å². The van der Waals surface area contributed by atoms with Crippen molar-refractivity contribution >= 4 is 77.1 Å². The first-order valence-corrected chi connectivity index (χ1v) is 38.4. The minimum atomic E-state index is -1.42. The molecule has 202 valence electrons. The van der Waals surface area contributed by atoms with Gasteiger partial charge in [-0.3, -0.25) is 0 Å². The van der Waals surface area contributed by atoms with Crippen LogP contribution in [0.3, 0.4) is 0 Å². The Hall–Kier alpha value is 1.22. The van der Waals surface area contributed by atoms with Crippen LogP contribution in [-0.2, 0) is 0 Å². The summed E-state index contributed by atoms with van der Waals surface area (Å²) >= 11 is 4.11. The largest absolute Gasteiger partial charge is 0.176 e. The van der Waals surface area contributed by atoms with E-state index in [4.69, 9.17) is 0 Å². The fraction of sp³-hybridized carbons (Fsp3) is 0.778. The molecule has 1 aromatic rings. The van der Waals surface area contributed by atoms with Gasteiger partial charge in [0.1, 0.15) is 0 Å². The van der Waals surface area contributed by atoms with Gasteiger partial charge in [0.2, 0.25) is 0 Å². The molecule has 0 atom stereocenters. The van der Waals surface area contributed by atoms with Gasteiger partial charge in [0, 0.05) is 48.4 Å². The molecule has 8 heteroatoms. The molecule has 35 heavy (non-hydrogen) atoms. The first-order chi connectivity index (χ1) is 15.1. The van der Waals surface area contributed by atoms with Crippen molar-refractivity contribution in [2.24, 2.45) is 0 Å². The number of halogens is 1. The maximum Gasteiger partial charge on any atom is 0.176 e. The summed E-state index contributed by atoms with van der Waals surface area (Å²) < 4.78 is 0. The van der Waals surface area contributed by atoms with E-state index in [2.05, 4.69) is 145 Å². The van der Waals surface area contributed by atoms with Crippen molar-refractivity contribution in [1.29, 1.82) is 0 Å². The highest BCUT2D eigenvalue weighted by Gasteiger charge is 2.46. The SMILES string of the molecule is C[Si](C)(C)C(c1cc(C([Si](C)(C)C)[Si](C)(C)C)c([Si]Br)c(C([Si](C)(C)C)[Si](C)(C)C)c1)[Si](C)(C)C. The average molecular weight is 660 g/mol. The molecule has 0 spiro atoms. The lowest BCUT2D eigenvalue weighted by molar-refractivity contribution is 1.10. The second-order valence-corrected chi connectivity index (χ2v) is 53.1. The van der Waals surface area contributed by atoms with E-state index in [1.807, 2.05) is 0 Å². The Morgan fingerprint density at radius 2 is 0.686 bits per heavy atom. The summed E-state index contributed by atoms with van der Waals surface area (Å²) in [5, 5.41) is 4.11. The maximum atomic E-state index is 4.11. The zero-order chi connectivity index (χ0) is 28.2. The normalized spacial score (nSPS) is 15.0. The second-order valence-electron chi connectivity index (χ2n) is 17.7. The summed E-state index contributed by atoms with van der Waals surface area (Å²) in [6.45, 7) is 47.6. The van der Waals surface area contributed by atoms with Crippen molar-refractivity contribution in [3.63, 3.8) is 0 Å². The molecule has 0 nitrogen and oxygen atoms in total. The number of hydrogen-bond acceptors (Lipinski definition) is 0. The van der Waals surface area contributed by atoms with Crippen LogP contribution in [0, 0.1) is 0 Å². The second kappa shape index (κ2) is 11.0. The van der Waals surface area contributed by atoms with Crippen molar-refractivity contribution in [3.05, 3.63) is 28.8 Å². The third-order valence-electron chi connectivity index (χ3n) is 7.47. The fourth-order valence-corrected chi connectivity index (χ4v) is 49.0. The van der Waals surface area contributed by atoms with Crippen molar-refractivity contribution in [2.75, 3.05) is 0 Å². The standard InChI is InChI=1S/C27H59BrSi7/c1-30(2,3)25(31(4,5)6)21-19-22(26(32(7,8)9)33(10,11)12)24(29-28)23(20-21)27(34(13,14)15)35(16,17)18/h19-20,25-27H,1-18H3. The first kappa shape index (κ1) is 34.2. The molecule has 0 N–H and O–H groups in total. The third kappa shape index (κ3) is 8.60. The van der Waals surface area contributed by atoms with Crippen LogP contribution in [0.4, 0.5) is 0 Å². The zero-order valence-electron chi connectivity index (χ0n) is 26.8. The Morgan fingerprint density at radius 3 is 0.857 bits per heavy atom. The zero-order valence-corrected chi connectivity index (χ0v) is 35.4. The molecule has 0 saturated carbocycles. The van der Waals surface area contributed by atoms with Crippen molar-refractivity contribution < 1.29 is 0 Å². The quantitative estimate of drug-likeness (QED) is 0.173. The molecule has 0 amide bonds. The van der Waals surface area contributed by atoms with Crippen LogP contribution < -0.4 is 5.19 Å². The lowest BCUT2D eigenvalue weighted by Crippen LogP contribution is -2.53. The minimum absolute atomic E-state index is 0.717. The Bertz CT molecular complexity index is 775. The molecular weight excluding hydrogens is 601 g/mol.